The van der Waals surface area contributed by atoms with Crippen LogP contribution in [0.5, 0.6) is 0 Å². The van der Waals surface area contributed by atoms with Crippen molar-refractivity contribution in [1.29, 1.82) is 0 Å². The summed E-state index contributed by atoms with van der Waals surface area (Å²) in [4.78, 5) is 15.0. The quantitative estimate of drug-likeness (QED) is 0.620. The summed E-state index contributed by atoms with van der Waals surface area (Å²) in [5.74, 6) is 0.871. The monoisotopic (exact) mass is 308 g/mol. The van der Waals surface area contributed by atoms with E-state index < -0.39 is 0 Å². The molecule has 1 amide bonds. The standard InChI is InChI=1S/C17H32N4O/c18-15-7-2-1-3-8-20-17(22)16-12-19-9-10-21(16)14-6-4-5-13(15)11-14/h13-16,19H,1-12,18H2,(H,20,22)/t13?,14?,15-,16+/m0/s1. The van der Waals surface area contributed by atoms with Gasteiger partial charge in [-0.3, -0.25) is 9.69 Å². The van der Waals surface area contributed by atoms with E-state index in [1.54, 1.807) is 0 Å². The maximum Gasteiger partial charge on any atom is 0.238 e. The van der Waals surface area contributed by atoms with E-state index in [1.165, 1.54) is 38.5 Å². The van der Waals surface area contributed by atoms with Gasteiger partial charge >= 0.3 is 0 Å². The van der Waals surface area contributed by atoms with Gasteiger partial charge in [0.15, 0.2) is 0 Å². The molecule has 5 heteroatoms. The van der Waals surface area contributed by atoms with Crippen LogP contribution >= 0.6 is 0 Å². The second-order valence-electron chi connectivity index (χ2n) is 7.34. The van der Waals surface area contributed by atoms with Crippen LogP contribution in [-0.4, -0.2) is 55.1 Å². The Labute approximate surface area is 134 Å². The molecule has 4 atom stereocenters. The first-order chi connectivity index (χ1) is 10.8. The fourth-order valence-electron chi connectivity index (χ4n) is 4.54. The Morgan fingerprint density at radius 1 is 1.05 bits per heavy atom. The predicted molar refractivity (Wildman–Crippen MR) is 88.6 cm³/mol. The summed E-state index contributed by atoms with van der Waals surface area (Å²) in [5.41, 5.74) is 6.49. The maximum absolute atomic E-state index is 12.6. The van der Waals surface area contributed by atoms with Crippen LogP contribution in [0.1, 0.15) is 51.4 Å². The normalized spacial score (nSPS) is 38.9. The first-order valence-electron chi connectivity index (χ1n) is 9.25. The number of fused-ring (bicyclic) bond motifs is 4. The van der Waals surface area contributed by atoms with Crippen LogP contribution in [0.2, 0.25) is 0 Å². The zero-order chi connectivity index (χ0) is 15.4. The Balaban J connectivity index is 1.75. The van der Waals surface area contributed by atoms with Gasteiger partial charge < -0.3 is 16.4 Å². The van der Waals surface area contributed by atoms with Crippen LogP contribution in [-0.2, 0) is 4.79 Å². The summed E-state index contributed by atoms with van der Waals surface area (Å²) >= 11 is 0. The lowest BCUT2D eigenvalue weighted by Crippen LogP contribution is -2.61. The average Bonchev–Trinajstić information content (AvgIpc) is 2.57. The molecular weight excluding hydrogens is 276 g/mol. The van der Waals surface area contributed by atoms with Gasteiger partial charge in [-0.05, 0) is 38.0 Å². The summed E-state index contributed by atoms with van der Waals surface area (Å²) < 4.78 is 0. The van der Waals surface area contributed by atoms with Crippen molar-refractivity contribution in [2.24, 2.45) is 11.7 Å². The minimum Gasteiger partial charge on any atom is -0.355 e. The zero-order valence-electron chi connectivity index (χ0n) is 13.7. The van der Waals surface area contributed by atoms with Crippen LogP contribution in [0.15, 0.2) is 0 Å². The van der Waals surface area contributed by atoms with Crippen molar-refractivity contribution in [2.75, 3.05) is 26.2 Å². The number of hydrogen-bond acceptors (Lipinski definition) is 4. The van der Waals surface area contributed by atoms with E-state index in [2.05, 4.69) is 15.5 Å². The van der Waals surface area contributed by atoms with E-state index in [9.17, 15) is 4.79 Å². The van der Waals surface area contributed by atoms with E-state index in [0.717, 1.165) is 39.0 Å². The molecule has 2 heterocycles. The number of amides is 1. The summed E-state index contributed by atoms with van der Waals surface area (Å²) in [7, 11) is 0. The molecule has 2 bridgehead atoms. The predicted octanol–water partition coefficient (Wildman–Crippen LogP) is 0.837. The SMILES string of the molecule is N[C@H]1CCCCCNC(=O)[C@H]2CNCCN2C2CCCC1C2. The van der Waals surface area contributed by atoms with E-state index in [0.29, 0.717) is 18.0 Å². The molecule has 4 N–H and O–H groups in total. The number of piperazine rings is 1. The first-order valence-corrected chi connectivity index (χ1v) is 9.25. The Bertz CT molecular complexity index is 376. The lowest BCUT2D eigenvalue weighted by Gasteiger charge is -2.44. The number of rotatable bonds is 0. The van der Waals surface area contributed by atoms with Gasteiger partial charge in [0.1, 0.15) is 6.04 Å². The molecule has 3 fully saturated rings. The molecule has 5 nitrogen and oxygen atoms in total. The van der Waals surface area contributed by atoms with E-state index in [4.69, 9.17) is 5.73 Å². The second kappa shape index (κ2) is 7.75. The molecule has 0 aromatic carbocycles. The van der Waals surface area contributed by atoms with Crippen LogP contribution in [0.3, 0.4) is 0 Å². The molecule has 22 heavy (non-hydrogen) atoms. The number of nitrogens with two attached hydrogens (primary N) is 1. The number of nitrogens with zero attached hydrogens (tertiary/aromatic N) is 1. The Morgan fingerprint density at radius 2 is 1.95 bits per heavy atom. The van der Waals surface area contributed by atoms with E-state index >= 15 is 0 Å². The summed E-state index contributed by atoms with van der Waals surface area (Å²) in [6.45, 7) is 3.59. The highest BCUT2D eigenvalue weighted by atomic mass is 16.2. The molecule has 3 rings (SSSR count). The molecule has 1 aliphatic carbocycles. The second-order valence-corrected chi connectivity index (χ2v) is 7.34. The molecule has 126 valence electrons. The van der Waals surface area contributed by atoms with Crippen molar-refractivity contribution >= 4 is 5.91 Å². The largest absolute Gasteiger partial charge is 0.355 e. The Hall–Kier alpha value is -0.650. The van der Waals surface area contributed by atoms with Gasteiger partial charge in [-0.15, -0.1) is 0 Å². The van der Waals surface area contributed by atoms with Gasteiger partial charge in [0, 0.05) is 38.3 Å². The van der Waals surface area contributed by atoms with Gasteiger partial charge in [0.25, 0.3) is 0 Å². The molecule has 2 aliphatic heterocycles. The fraction of sp³-hybridized carbons (Fsp3) is 0.941. The highest BCUT2D eigenvalue weighted by Gasteiger charge is 2.37. The first kappa shape index (κ1) is 16.2. The molecule has 0 aromatic rings. The molecule has 2 unspecified atom stereocenters. The van der Waals surface area contributed by atoms with Gasteiger partial charge in [-0.2, -0.15) is 0 Å². The van der Waals surface area contributed by atoms with E-state index in [-0.39, 0.29) is 11.9 Å². The molecular formula is C17H32N4O. The highest BCUT2D eigenvalue weighted by Crippen LogP contribution is 2.32. The average molecular weight is 308 g/mol. The Morgan fingerprint density at radius 3 is 2.86 bits per heavy atom. The Kier molecular flexibility index (Phi) is 5.71. The third-order valence-electron chi connectivity index (χ3n) is 5.86. The lowest BCUT2D eigenvalue weighted by molar-refractivity contribution is -0.128. The summed E-state index contributed by atoms with van der Waals surface area (Å²) in [6.07, 6.45) is 9.56. The smallest absolute Gasteiger partial charge is 0.238 e. The van der Waals surface area contributed by atoms with Crippen molar-refractivity contribution < 1.29 is 4.79 Å². The number of carbonyl (C=O) groups excluding carboxylic acids is 1. The highest BCUT2D eigenvalue weighted by molar-refractivity contribution is 5.82. The van der Waals surface area contributed by atoms with Crippen molar-refractivity contribution in [3.63, 3.8) is 0 Å². The van der Waals surface area contributed by atoms with Gasteiger partial charge in [-0.25, -0.2) is 0 Å². The number of nitrogens with one attached hydrogen (secondary N) is 2. The van der Waals surface area contributed by atoms with Gasteiger partial charge in [0.2, 0.25) is 5.91 Å². The van der Waals surface area contributed by atoms with Crippen molar-refractivity contribution in [1.82, 2.24) is 15.5 Å². The van der Waals surface area contributed by atoms with Crippen molar-refractivity contribution in [3.8, 4) is 0 Å². The third kappa shape index (κ3) is 3.81. The van der Waals surface area contributed by atoms with Gasteiger partial charge in [0.05, 0.1) is 0 Å². The molecule has 0 radical (unpaired) electrons. The molecule has 0 aromatic heterocycles. The van der Waals surface area contributed by atoms with Crippen LogP contribution in [0.25, 0.3) is 0 Å². The van der Waals surface area contributed by atoms with Crippen LogP contribution in [0, 0.1) is 5.92 Å². The minimum atomic E-state index is 0.00878. The zero-order valence-corrected chi connectivity index (χ0v) is 13.7. The summed E-state index contributed by atoms with van der Waals surface area (Å²) in [5, 5.41) is 6.55. The molecule has 1 saturated carbocycles. The molecule has 2 saturated heterocycles. The molecule has 0 spiro atoms. The summed E-state index contributed by atoms with van der Waals surface area (Å²) in [6, 6.07) is 0.909. The fourth-order valence-corrected chi connectivity index (χ4v) is 4.54. The van der Waals surface area contributed by atoms with Crippen LogP contribution in [0.4, 0.5) is 0 Å². The van der Waals surface area contributed by atoms with Crippen LogP contribution < -0.4 is 16.4 Å². The third-order valence-corrected chi connectivity index (χ3v) is 5.86. The minimum absolute atomic E-state index is 0.00878. The van der Waals surface area contributed by atoms with Gasteiger partial charge in [-0.1, -0.05) is 19.3 Å². The number of hydrogen-bond donors (Lipinski definition) is 3. The lowest BCUT2D eigenvalue weighted by atomic mass is 9.79. The van der Waals surface area contributed by atoms with Crippen molar-refractivity contribution in [3.05, 3.63) is 0 Å². The topological polar surface area (TPSA) is 70.4 Å². The van der Waals surface area contributed by atoms with E-state index in [1.807, 2.05) is 0 Å². The van der Waals surface area contributed by atoms with Crippen molar-refractivity contribution in [2.45, 2.75) is 69.5 Å². The number of carbonyl (C=O) groups is 1. The molecule has 3 aliphatic rings. The maximum atomic E-state index is 12.6.